The van der Waals surface area contributed by atoms with Crippen LogP contribution in [0, 0.1) is 0 Å². The highest BCUT2D eigenvalue weighted by Gasteiger charge is 2.08. The maximum Gasteiger partial charge on any atom is 0.210 e. The second kappa shape index (κ2) is 4.17. The molecule has 0 amide bonds. The molecule has 0 saturated heterocycles. The first kappa shape index (κ1) is 10.2. The Hall–Kier alpha value is -0.780. The zero-order valence-electron chi connectivity index (χ0n) is 6.43. The molecule has 0 spiro atoms. The molecule has 0 aromatic carbocycles. The van der Waals surface area contributed by atoms with Crippen LogP contribution in [0.25, 0.3) is 10.4 Å². The number of nitrogens with zero attached hydrogens (tertiary/aromatic N) is 4. The van der Waals surface area contributed by atoms with Crippen LogP contribution in [0.15, 0.2) is 5.11 Å². The maximum absolute atomic E-state index is 10.7. The predicted octanol–water partition coefficient (Wildman–Crippen LogP) is 0.188. The molecule has 0 rings (SSSR count). The van der Waals surface area contributed by atoms with Gasteiger partial charge in [0.05, 0.1) is 6.26 Å². The fourth-order valence-electron chi connectivity index (χ4n) is 0.396. The first-order chi connectivity index (χ1) is 4.98. The number of sulfonamides is 1. The van der Waals surface area contributed by atoms with Crippen LogP contribution in [0.2, 0.25) is 0 Å². The third-order valence-corrected chi connectivity index (χ3v) is 2.46. The van der Waals surface area contributed by atoms with E-state index in [1.165, 1.54) is 7.05 Å². The third-order valence-electron chi connectivity index (χ3n) is 1.14. The lowest BCUT2D eigenvalue weighted by Crippen LogP contribution is -2.27. The summed E-state index contributed by atoms with van der Waals surface area (Å²) in [6.45, 7) is 0.392. The Morgan fingerprint density at radius 1 is 1.64 bits per heavy atom. The molecule has 0 unspecified atom stereocenters. The summed E-state index contributed by atoms with van der Waals surface area (Å²) in [7, 11) is -1.70. The van der Waals surface area contributed by atoms with E-state index in [-0.39, 0.29) is 13.1 Å². The minimum atomic E-state index is -3.13. The molecule has 11 heavy (non-hydrogen) atoms. The molecule has 0 bridgehead atoms. The normalized spacial score (nSPS) is 11.2. The Balaban J connectivity index is 3.89. The Kier molecular flexibility index (Phi) is 3.88. The van der Waals surface area contributed by atoms with E-state index in [4.69, 9.17) is 5.53 Å². The predicted molar refractivity (Wildman–Crippen MR) is 41.5 cm³/mol. The Bertz CT molecular complexity index is 253. The minimum Gasteiger partial charge on any atom is -0.213 e. The van der Waals surface area contributed by atoms with Gasteiger partial charge in [0.15, 0.2) is 0 Å². The van der Waals surface area contributed by atoms with Crippen LogP contribution >= 0.6 is 0 Å². The fourth-order valence-corrected chi connectivity index (χ4v) is 0.809. The second-order valence-electron chi connectivity index (χ2n) is 2.04. The van der Waals surface area contributed by atoms with Crippen LogP contribution in [0.3, 0.4) is 0 Å². The minimum absolute atomic E-state index is 0.167. The Morgan fingerprint density at radius 2 is 2.18 bits per heavy atom. The largest absolute Gasteiger partial charge is 0.213 e. The van der Waals surface area contributed by atoms with Crippen molar-refractivity contribution < 1.29 is 8.42 Å². The van der Waals surface area contributed by atoms with Gasteiger partial charge in [-0.1, -0.05) is 5.11 Å². The van der Waals surface area contributed by atoms with Gasteiger partial charge in [-0.3, -0.25) is 0 Å². The maximum atomic E-state index is 10.7. The van der Waals surface area contributed by atoms with Gasteiger partial charge in [-0.05, 0) is 5.53 Å². The Labute approximate surface area is 65.5 Å². The van der Waals surface area contributed by atoms with E-state index in [9.17, 15) is 8.42 Å². The van der Waals surface area contributed by atoms with E-state index < -0.39 is 10.0 Å². The molecule has 7 heteroatoms. The van der Waals surface area contributed by atoms with Crippen LogP contribution in [-0.2, 0) is 10.0 Å². The molecule has 0 radical (unpaired) electrons. The SMILES string of the molecule is CN(CCN=[N+]=[N-])S(C)(=O)=O. The molecule has 0 atom stereocenters. The molecule has 0 fully saturated rings. The highest BCUT2D eigenvalue weighted by molar-refractivity contribution is 7.88. The zero-order valence-corrected chi connectivity index (χ0v) is 7.24. The van der Waals surface area contributed by atoms with Crippen molar-refractivity contribution in [2.24, 2.45) is 5.11 Å². The molecule has 0 aliphatic heterocycles. The number of hydrogen-bond acceptors (Lipinski definition) is 3. The summed E-state index contributed by atoms with van der Waals surface area (Å²) in [6.07, 6.45) is 1.10. The smallest absolute Gasteiger partial charge is 0.210 e. The summed E-state index contributed by atoms with van der Waals surface area (Å²) in [6, 6.07) is 0. The highest BCUT2D eigenvalue weighted by Crippen LogP contribution is 1.91. The van der Waals surface area contributed by atoms with E-state index >= 15 is 0 Å². The molecule has 0 aromatic rings. The summed E-state index contributed by atoms with van der Waals surface area (Å²) in [4.78, 5) is 2.49. The fraction of sp³-hybridized carbons (Fsp3) is 1.00. The third kappa shape index (κ3) is 4.60. The average Bonchev–Trinajstić information content (AvgIpc) is 1.86. The summed E-state index contributed by atoms with van der Waals surface area (Å²) in [5.74, 6) is 0. The molecule has 0 aliphatic carbocycles. The number of hydrogen-bond donors (Lipinski definition) is 0. The highest BCUT2D eigenvalue weighted by atomic mass is 32.2. The van der Waals surface area contributed by atoms with Crippen LogP contribution in [-0.4, -0.2) is 39.1 Å². The van der Waals surface area contributed by atoms with Crippen molar-refractivity contribution in [3.8, 4) is 0 Å². The van der Waals surface area contributed by atoms with Gasteiger partial charge >= 0.3 is 0 Å². The lowest BCUT2D eigenvalue weighted by molar-refractivity contribution is 0.482. The van der Waals surface area contributed by atoms with E-state index in [0.29, 0.717) is 0 Å². The average molecular weight is 178 g/mol. The molecule has 6 nitrogen and oxygen atoms in total. The van der Waals surface area contributed by atoms with Crippen molar-refractivity contribution in [1.29, 1.82) is 0 Å². The van der Waals surface area contributed by atoms with Crippen LogP contribution in [0.4, 0.5) is 0 Å². The first-order valence-corrected chi connectivity index (χ1v) is 4.75. The Morgan fingerprint density at radius 3 is 2.55 bits per heavy atom. The van der Waals surface area contributed by atoms with Gasteiger partial charge in [-0.15, -0.1) is 0 Å². The second-order valence-corrected chi connectivity index (χ2v) is 4.13. The summed E-state index contributed by atoms with van der Waals surface area (Å²) >= 11 is 0. The van der Waals surface area contributed by atoms with Crippen molar-refractivity contribution in [2.45, 2.75) is 0 Å². The monoisotopic (exact) mass is 178 g/mol. The quantitative estimate of drug-likeness (QED) is 0.349. The molecular weight excluding hydrogens is 168 g/mol. The van der Waals surface area contributed by atoms with E-state index in [0.717, 1.165) is 10.6 Å². The first-order valence-electron chi connectivity index (χ1n) is 2.90. The topological polar surface area (TPSA) is 86.1 Å². The van der Waals surface area contributed by atoms with Crippen LogP contribution in [0.5, 0.6) is 0 Å². The molecule has 0 aliphatic rings. The van der Waals surface area contributed by atoms with Gasteiger partial charge in [-0.25, -0.2) is 12.7 Å². The summed E-state index contributed by atoms with van der Waals surface area (Å²) in [5, 5.41) is 3.20. The van der Waals surface area contributed by atoms with Gasteiger partial charge in [0, 0.05) is 25.0 Å². The number of rotatable bonds is 4. The molecule has 0 N–H and O–H groups in total. The van der Waals surface area contributed by atoms with E-state index in [2.05, 4.69) is 10.0 Å². The molecular formula is C4H10N4O2S. The number of azide groups is 1. The van der Waals surface area contributed by atoms with Crippen molar-refractivity contribution in [1.82, 2.24) is 4.31 Å². The number of likely N-dealkylation sites (N-methyl/N-ethyl adjacent to an activating group) is 1. The van der Waals surface area contributed by atoms with Crippen molar-refractivity contribution in [3.05, 3.63) is 10.4 Å². The van der Waals surface area contributed by atoms with Gasteiger partial charge in [-0.2, -0.15) is 0 Å². The summed E-state index contributed by atoms with van der Waals surface area (Å²) < 4.78 is 22.6. The van der Waals surface area contributed by atoms with Crippen molar-refractivity contribution in [2.75, 3.05) is 26.4 Å². The molecule has 0 aromatic heterocycles. The van der Waals surface area contributed by atoms with Gasteiger partial charge in [0.25, 0.3) is 0 Å². The van der Waals surface area contributed by atoms with Crippen molar-refractivity contribution >= 4 is 10.0 Å². The van der Waals surface area contributed by atoms with Crippen LogP contribution < -0.4 is 0 Å². The van der Waals surface area contributed by atoms with Crippen molar-refractivity contribution in [3.63, 3.8) is 0 Å². The molecule has 64 valence electrons. The summed E-state index contributed by atoms with van der Waals surface area (Å²) in [5.41, 5.74) is 7.87. The van der Waals surface area contributed by atoms with Gasteiger partial charge < -0.3 is 0 Å². The van der Waals surface area contributed by atoms with Gasteiger partial charge in [0.1, 0.15) is 0 Å². The lowest BCUT2D eigenvalue weighted by Gasteiger charge is -2.10. The zero-order chi connectivity index (χ0) is 8.91. The standard InChI is InChI=1S/C4H10N4O2S/c1-8(11(2,9)10)4-3-6-7-5/h3-4H2,1-2H3. The van der Waals surface area contributed by atoms with Crippen LogP contribution in [0.1, 0.15) is 0 Å². The van der Waals surface area contributed by atoms with Gasteiger partial charge in [0.2, 0.25) is 10.0 Å². The van der Waals surface area contributed by atoms with E-state index in [1.54, 1.807) is 0 Å². The molecule has 0 heterocycles. The molecule has 0 saturated carbocycles. The lowest BCUT2D eigenvalue weighted by atomic mass is 10.7. The van der Waals surface area contributed by atoms with E-state index in [1.807, 2.05) is 0 Å².